The number of aromatic amines is 2. The van der Waals surface area contributed by atoms with Gasteiger partial charge in [-0.05, 0) is 47.5 Å². The summed E-state index contributed by atoms with van der Waals surface area (Å²) in [5, 5.41) is 9.41. The Labute approximate surface area is 240 Å². The molecule has 42 heavy (non-hydrogen) atoms. The Balaban J connectivity index is 1.26. The molecule has 1 aliphatic heterocycles. The maximum atomic E-state index is 14.6. The van der Waals surface area contributed by atoms with Gasteiger partial charge >= 0.3 is 0 Å². The van der Waals surface area contributed by atoms with Crippen LogP contribution in [0.5, 0.6) is 0 Å². The molecular formula is C29H26FN9O2S. The average Bonchev–Trinajstić information content (AvgIpc) is 3.57. The van der Waals surface area contributed by atoms with Gasteiger partial charge in [-0.25, -0.2) is 22.5 Å². The van der Waals surface area contributed by atoms with Gasteiger partial charge in [0.25, 0.3) is 0 Å². The molecule has 6 aromatic rings. The number of fused-ring (bicyclic) bond motifs is 2. The molecule has 11 nitrogen and oxygen atoms in total. The number of anilines is 1. The van der Waals surface area contributed by atoms with E-state index < -0.39 is 15.8 Å². The Kier molecular flexibility index (Phi) is 6.22. The second kappa shape index (κ2) is 9.98. The van der Waals surface area contributed by atoms with Gasteiger partial charge in [0.2, 0.25) is 10.0 Å². The number of hydrogen-bond donors (Lipinski definition) is 4. The number of nitrogens with one attached hydrogen (secondary N) is 3. The summed E-state index contributed by atoms with van der Waals surface area (Å²) >= 11 is 0. The number of benzene rings is 2. The lowest BCUT2D eigenvalue weighted by Crippen LogP contribution is -2.56. The number of H-pyrrole nitrogens is 2. The first-order chi connectivity index (χ1) is 20.2. The summed E-state index contributed by atoms with van der Waals surface area (Å²) in [6.45, 7) is 1.50. The Morgan fingerprint density at radius 2 is 1.83 bits per heavy atom. The molecular weight excluding hydrogens is 557 g/mol. The van der Waals surface area contributed by atoms with Crippen molar-refractivity contribution in [2.24, 2.45) is 5.73 Å². The van der Waals surface area contributed by atoms with E-state index in [2.05, 4.69) is 34.8 Å². The third kappa shape index (κ3) is 4.98. The fraction of sp³-hybridized carbons (Fsp3) is 0.172. The van der Waals surface area contributed by atoms with Gasteiger partial charge in [0.15, 0.2) is 0 Å². The van der Waals surface area contributed by atoms with Crippen molar-refractivity contribution < 1.29 is 12.8 Å². The number of nitrogens with two attached hydrogens (primary N) is 1. The van der Waals surface area contributed by atoms with Crippen LogP contribution in [0.2, 0.25) is 0 Å². The molecule has 0 amide bonds. The van der Waals surface area contributed by atoms with Crippen molar-refractivity contribution in [2.45, 2.75) is 12.6 Å². The Morgan fingerprint density at radius 1 is 1.00 bits per heavy atom. The molecule has 7 rings (SSSR count). The van der Waals surface area contributed by atoms with E-state index in [1.807, 2.05) is 24.3 Å². The van der Waals surface area contributed by atoms with E-state index in [1.54, 1.807) is 30.9 Å². The topological polar surface area (TPSA) is 159 Å². The van der Waals surface area contributed by atoms with E-state index in [0.29, 0.717) is 22.4 Å². The minimum absolute atomic E-state index is 0.0220. The molecule has 5 heterocycles. The van der Waals surface area contributed by atoms with Crippen LogP contribution in [0.25, 0.3) is 55.6 Å². The van der Waals surface area contributed by atoms with E-state index >= 15 is 0 Å². The predicted molar refractivity (Wildman–Crippen MR) is 159 cm³/mol. The summed E-state index contributed by atoms with van der Waals surface area (Å²) in [4.78, 5) is 19.1. The zero-order chi connectivity index (χ0) is 29.0. The molecule has 0 bridgehead atoms. The van der Waals surface area contributed by atoms with Crippen molar-refractivity contribution in [3.8, 4) is 33.8 Å². The van der Waals surface area contributed by atoms with Gasteiger partial charge in [-0.1, -0.05) is 6.07 Å². The van der Waals surface area contributed by atoms with Crippen LogP contribution in [0.4, 0.5) is 10.2 Å². The van der Waals surface area contributed by atoms with Gasteiger partial charge in [0.05, 0.1) is 47.3 Å². The van der Waals surface area contributed by atoms with Gasteiger partial charge in [0.1, 0.15) is 17.3 Å². The van der Waals surface area contributed by atoms with Crippen molar-refractivity contribution in [3.05, 3.63) is 78.6 Å². The number of halogens is 1. The monoisotopic (exact) mass is 583 g/mol. The van der Waals surface area contributed by atoms with Crippen LogP contribution in [0.15, 0.2) is 67.3 Å². The Bertz CT molecular complexity index is 2080. The molecule has 1 aliphatic rings. The standard InChI is InChI=1S/C29H26FN9O2S/c1-42(40,41)34-9-16-4-18(6-19(30)5-16)23-10-32-12-27-21(23)8-25(35-27)29-22-7-17(2-3-24(22)37-38-29)26-11-33-13-28(36-26)39-14-20(31)15-39/h2-8,10-13,20,34-35H,9,14-15,31H2,1H3,(H,37,38). The van der Waals surface area contributed by atoms with Crippen LogP contribution in [-0.2, 0) is 16.6 Å². The summed E-state index contributed by atoms with van der Waals surface area (Å²) in [7, 11) is -3.43. The molecule has 0 radical (unpaired) electrons. The summed E-state index contributed by atoms with van der Waals surface area (Å²) in [5.74, 6) is 0.325. The highest BCUT2D eigenvalue weighted by atomic mass is 32.2. The van der Waals surface area contributed by atoms with E-state index in [0.717, 1.165) is 63.9 Å². The zero-order valence-corrected chi connectivity index (χ0v) is 23.3. The minimum atomic E-state index is -3.43. The lowest BCUT2D eigenvalue weighted by atomic mass is 10.0. The largest absolute Gasteiger partial charge is 0.352 e. The third-order valence-electron chi connectivity index (χ3n) is 7.32. The quantitative estimate of drug-likeness (QED) is 0.222. The normalized spacial score (nSPS) is 14.1. The molecule has 1 fully saturated rings. The SMILES string of the molecule is CS(=O)(=O)NCc1cc(F)cc(-c2cncc3[nH]c(-c4n[nH]c5ccc(-c6cncc(N7CC(N)C7)n6)cc45)cc23)c1. The molecule has 13 heteroatoms. The van der Waals surface area contributed by atoms with E-state index in [1.165, 1.54) is 12.1 Å². The van der Waals surface area contributed by atoms with Crippen LogP contribution < -0.4 is 15.4 Å². The van der Waals surface area contributed by atoms with E-state index in [-0.39, 0.29) is 12.6 Å². The van der Waals surface area contributed by atoms with Gasteiger partial charge in [-0.15, -0.1) is 0 Å². The average molecular weight is 584 g/mol. The smallest absolute Gasteiger partial charge is 0.209 e. The lowest BCUT2D eigenvalue weighted by molar-refractivity contribution is 0.514. The van der Waals surface area contributed by atoms with Crippen molar-refractivity contribution in [1.29, 1.82) is 0 Å². The van der Waals surface area contributed by atoms with Crippen LogP contribution in [0.3, 0.4) is 0 Å². The molecule has 0 spiro atoms. The number of nitrogens with zero attached hydrogens (tertiary/aromatic N) is 5. The predicted octanol–water partition coefficient (Wildman–Crippen LogP) is 3.57. The molecule has 0 aliphatic carbocycles. The molecule has 0 unspecified atom stereocenters. The van der Waals surface area contributed by atoms with Crippen LogP contribution in [0.1, 0.15) is 5.56 Å². The summed E-state index contributed by atoms with van der Waals surface area (Å²) < 4.78 is 40.1. The summed E-state index contributed by atoms with van der Waals surface area (Å²) in [6.07, 6.45) is 7.92. The molecule has 0 atom stereocenters. The first-order valence-corrected chi connectivity index (χ1v) is 15.1. The van der Waals surface area contributed by atoms with E-state index in [9.17, 15) is 12.8 Å². The summed E-state index contributed by atoms with van der Waals surface area (Å²) in [5.41, 5.74) is 12.5. The fourth-order valence-electron chi connectivity index (χ4n) is 5.26. The Morgan fingerprint density at radius 3 is 2.64 bits per heavy atom. The third-order valence-corrected chi connectivity index (χ3v) is 7.99. The van der Waals surface area contributed by atoms with Crippen LogP contribution in [-0.4, -0.2) is 63.9 Å². The number of aromatic nitrogens is 6. The van der Waals surface area contributed by atoms with Crippen molar-refractivity contribution >= 4 is 37.6 Å². The molecule has 0 saturated carbocycles. The number of hydrogen-bond acceptors (Lipinski definition) is 8. The molecule has 4 aromatic heterocycles. The van der Waals surface area contributed by atoms with Crippen LogP contribution >= 0.6 is 0 Å². The van der Waals surface area contributed by atoms with Crippen molar-refractivity contribution in [3.63, 3.8) is 0 Å². The summed E-state index contributed by atoms with van der Waals surface area (Å²) in [6, 6.07) is 12.6. The van der Waals surface area contributed by atoms with Gasteiger partial charge in [0, 0.05) is 53.8 Å². The van der Waals surface area contributed by atoms with E-state index in [4.69, 9.17) is 10.7 Å². The first kappa shape index (κ1) is 26.2. The number of rotatable bonds is 7. The highest BCUT2D eigenvalue weighted by molar-refractivity contribution is 7.88. The second-order valence-corrected chi connectivity index (χ2v) is 12.4. The molecule has 1 saturated heterocycles. The maximum Gasteiger partial charge on any atom is 0.209 e. The maximum absolute atomic E-state index is 14.6. The van der Waals surface area contributed by atoms with Crippen molar-refractivity contribution in [2.75, 3.05) is 24.2 Å². The molecule has 212 valence electrons. The number of sulfonamides is 1. The first-order valence-electron chi connectivity index (χ1n) is 13.2. The lowest BCUT2D eigenvalue weighted by Gasteiger charge is -2.37. The zero-order valence-electron chi connectivity index (χ0n) is 22.5. The number of pyridine rings is 1. The van der Waals surface area contributed by atoms with Gasteiger partial charge < -0.3 is 15.6 Å². The highest BCUT2D eigenvalue weighted by Crippen LogP contribution is 2.35. The molecule has 2 aromatic carbocycles. The van der Waals surface area contributed by atoms with Crippen LogP contribution in [0, 0.1) is 5.82 Å². The van der Waals surface area contributed by atoms with Gasteiger partial charge in [-0.3, -0.25) is 15.1 Å². The minimum Gasteiger partial charge on any atom is -0.352 e. The highest BCUT2D eigenvalue weighted by Gasteiger charge is 2.25. The second-order valence-electron chi connectivity index (χ2n) is 10.5. The Hall–Kier alpha value is -4.72. The van der Waals surface area contributed by atoms with Gasteiger partial charge in [-0.2, -0.15) is 5.10 Å². The van der Waals surface area contributed by atoms with Crippen molar-refractivity contribution in [1.82, 2.24) is 34.9 Å². The molecule has 5 N–H and O–H groups in total. The fourth-order valence-corrected chi connectivity index (χ4v) is 5.69.